The van der Waals surface area contributed by atoms with Gasteiger partial charge in [0.25, 0.3) is 0 Å². The molecule has 1 saturated heterocycles. The Morgan fingerprint density at radius 1 is 1.27 bits per heavy atom. The van der Waals surface area contributed by atoms with E-state index in [0.29, 0.717) is 34.8 Å². The third-order valence-electron chi connectivity index (χ3n) is 6.96. The molecule has 3 aromatic rings. The summed E-state index contributed by atoms with van der Waals surface area (Å²) in [5, 5.41) is 11.2. The standard InChI is InChI=1S/C27H35FN8O/c1-17(2)35-9-11-36(12-10-35)26(15-24(29-4)32-25-14-22(33-34-25)19-5-6-19)30-16-37-23-8-7-21-20(27(23)28)13-18(3)31-21/h7-8,13-15,17,19,31H,4-6,9-12,16H2,1-3H3,(H2,32,33,34)/b24-15+,30-26+. The molecule has 0 atom stereocenters. The Labute approximate surface area is 216 Å². The number of benzene rings is 1. The van der Waals surface area contributed by atoms with Gasteiger partial charge in [0.15, 0.2) is 24.1 Å². The Morgan fingerprint density at radius 3 is 2.76 bits per heavy atom. The second kappa shape index (κ2) is 10.8. The average Bonchev–Trinajstić information content (AvgIpc) is 3.51. The predicted octanol–water partition coefficient (Wildman–Crippen LogP) is 4.63. The first-order valence-corrected chi connectivity index (χ1v) is 12.9. The number of aromatic nitrogens is 3. The fourth-order valence-corrected chi connectivity index (χ4v) is 4.65. The van der Waals surface area contributed by atoms with Crippen molar-refractivity contribution in [3.63, 3.8) is 0 Å². The van der Waals surface area contributed by atoms with Gasteiger partial charge in [-0.15, -0.1) is 0 Å². The summed E-state index contributed by atoms with van der Waals surface area (Å²) in [7, 11) is 0. The summed E-state index contributed by atoms with van der Waals surface area (Å²) in [5.74, 6) is 2.29. The third-order valence-corrected chi connectivity index (χ3v) is 6.96. The van der Waals surface area contributed by atoms with Gasteiger partial charge < -0.3 is 19.9 Å². The number of halogens is 1. The van der Waals surface area contributed by atoms with E-state index in [-0.39, 0.29) is 18.3 Å². The van der Waals surface area contributed by atoms with Crippen molar-refractivity contribution in [3.8, 4) is 5.75 Å². The summed E-state index contributed by atoms with van der Waals surface area (Å²) in [6.45, 7) is 13.5. The number of hydrogen-bond acceptors (Lipinski definition) is 6. The molecule has 1 aliphatic heterocycles. The number of nitrogens with zero attached hydrogens (tertiary/aromatic N) is 5. The summed E-state index contributed by atoms with van der Waals surface area (Å²) in [6, 6.07) is 7.73. The lowest BCUT2D eigenvalue weighted by Crippen LogP contribution is -2.50. The molecule has 2 aromatic heterocycles. The fraction of sp³-hybridized carbons (Fsp3) is 0.444. The number of aryl methyl sites for hydroxylation is 1. The molecule has 0 bridgehead atoms. The third kappa shape index (κ3) is 5.85. The number of ether oxygens (including phenoxy) is 1. The van der Waals surface area contributed by atoms with Gasteiger partial charge in [0.2, 0.25) is 0 Å². The van der Waals surface area contributed by atoms with Gasteiger partial charge in [0.1, 0.15) is 11.7 Å². The van der Waals surface area contributed by atoms with Gasteiger partial charge in [-0.05, 0) is 58.5 Å². The first-order valence-electron chi connectivity index (χ1n) is 12.9. The van der Waals surface area contributed by atoms with Crippen LogP contribution in [0.5, 0.6) is 5.75 Å². The van der Waals surface area contributed by atoms with Crippen molar-refractivity contribution in [2.24, 2.45) is 9.98 Å². The first-order chi connectivity index (χ1) is 17.9. The minimum absolute atomic E-state index is 0.0271. The highest BCUT2D eigenvalue weighted by molar-refractivity contribution is 5.94. The number of rotatable bonds is 9. The molecule has 3 heterocycles. The molecule has 0 spiro atoms. The van der Waals surface area contributed by atoms with Crippen molar-refractivity contribution in [2.75, 3.05) is 38.2 Å². The van der Waals surface area contributed by atoms with E-state index in [1.54, 1.807) is 12.1 Å². The van der Waals surface area contributed by atoms with Crippen molar-refractivity contribution in [3.05, 3.63) is 53.4 Å². The van der Waals surface area contributed by atoms with Crippen molar-refractivity contribution >= 4 is 29.3 Å². The number of H-pyrrole nitrogens is 2. The molecule has 37 heavy (non-hydrogen) atoms. The summed E-state index contributed by atoms with van der Waals surface area (Å²) < 4.78 is 20.8. The smallest absolute Gasteiger partial charge is 0.181 e. The Kier molecular flexibility index (Phi) is 7.27. The van der Waals surface area contributed by atoms with Gasteiger partial charge in [-0.25, -0.2) is 14.4 Å². The molecule has 1 aliphatic carbocycles. The van der Waals surface area contributed by atoms with Crippen LogP contribution in [0.25, 0.3) is 10.9 Å². The molecular formula is C27H35FN8O. The molecule has 196 valence electrons. The summed E-state index contributed by atoms with van der Waals surface area (Å²) in [5.41, 5.74) is 2.78. The maximum absolute atomic E-state index is 15.0. The molecule has 2 aliphatic rings. The number of nitrogens with one attached hydrogen (secondary N) is 3. The van der Waals surface area contributed by atoms with E-state index in [2.05, 4.69) is 55.9 Å². The molecule has 0 amide bonds. The predicted molar refractivity (Wildman–Crippen MR) is 146 cm³/mol. The molecule has 9 nitrogen and oxygen atoms in total. The zero-order valence-electron chi connectivity index (χ0n) is 21.7. The van der Waals surface area contributed by atoms with Crippen LogP contribution in [0.4, 0.5) is 10.2 Å². The van der Waals surface area contributed by atoms with Crippen LogP contribution in [0.15, 0.2) is 46.1 Å². The number of anilines is 1. The molecule has 10 heteroatoms. The maximum Gasteiger partial charge on any atom is 0.181 e. The second-order valence-electron chi connectivity index (χ2n) is 9.99. The molecule has 0 unspecified atom stereocenters. The number of amidine groups is 1. The maximum atomic E-state index is 15.0. The van der Waals surface area contributed by atoms with E-state index in [1.165, 1.54) is 12.8 Å². The first kappa shape index (κ1) is 25.0. The Morgan fingerprint density at radius 2 is 2.05 bits per heavy atom. The number of piperazine rings is 1. The summed E-state index contributed by atoms with van der Waals surface area (Å²) in [6.07, 6.45) is 4.24. The zero-order chi connectivity index (χ0) is 25.9. The van der Waals surface area contributed by atoms with Crippen molar-refractivity contribution in [1.82, 2.24) is 25.0 Å². The van der Waals surface area contributed by atoms with Crippen LogP contribution < -0.4 is 10.1 Å². The van der Waals surface area contributed by atoms with Gasteiger partial charge in [-0.3, -0.25) is 10.00 Å². The minimum atomic E-state index is -0.389. The van der Waals surface area contributed by atoms with E-state index in [9.17, 15) is 4.39 Å². The Balaban J connectivity index is 1.34. The fourth-order valence-electron chi connectivity index (χ4n) is 4.65. The number of hydrogen-bond donors (Lipinski definition) is 3. The molecule has 3 N–H and O–H groups in total. The second-order valence-corrected chi connectivity index (χ2v) is 9.99. The van der Waals surface area contributed by atoms with Crippen molar-refractivity contribution in [2.45, 2.75) is 45.6 Å². The van der Waals surface area contributed by atoms with Gasteiger partial charge in [0.05, 0.1) is 0 Å². The van der Waals surface area contributed by atoms with Crippen LogP contribution in [0.1, 0.15) is 44.0 Å². The molecule has 2 fully saturated rings. The van der Waals surface area contributed by atoms with Gasteiger partial charge in [-0.1, -0.05) is 0 Å². The van der Waals surface area contributed by atoms with E-state index >= 15 is 0 Å². The number of aromatic amines is 2. The van der Waals surface area contributed by atoms with Gasteiger partial charge in [0, 0.05) is 72.6 Å². The Hall–Kier alpha value is -3.66. The Bertz CT molecular complexity index is 1310. The topological polar surface area (TPSA) is 96.9 Å². The summed E-state index contributed by atoms with van der Waals surface area (Å²) >= 11 is 0. The quantitative estimate of drug-likeness (QED) is 0.290. The van der Waals surface area contributed by atoms with Crippen LogP contribution in [0, 0.1) is 12.7 Å². The lowest BCUT2D eigenvalue weighted by atomic mass is 10.2. The van der Waals surface area contributed by atoms with E-state index in [1.807, 2.05) is 25.1 Å². The molecule has 1 aromatic carbocycles. The van der Waals surface area contributed by atoms with Crippen LogP contribution in [0.2, 0.25) is 0 Å². The largest absolute Gasteiger partial charge is 0.468 e. The highest BCUT2D eigenvalue weighted by Gasteiger charge is 2.26. The summed E-state index contributed by atoms with van der Waals surface area (Å²) in [4.78, 5) is 16.7. The number of fused-ring (bicyclic) bond motifs is 1. The van der Waals surface area contributed by atoms with Crippen molar-refractivity contribution < 1.29 is 9.13 Å². The lowest BCUT2D eigenvalue weighted by molar-refractivity contribution is 0.148. The van der Waals surface area contributed by atoms with E-state index in [4.69, 9.17) is 9.73 Å². The van der Waals surface area contributed by atoms with E-state index < -0.39 is 0 Å². The molecule has 5 rings (SSSR count). The number of aliphatic imine (C=N–C) groups is 2. The van der Waals surface area contributed by atoms with Crippen molar-refractivity contribution in [1.29, 1.82) is 0 Å². The molecule has 0 radical (unpaired) electrons. The SMILES string of the molecule is C=N/C(=C\C(=N/COc1ccc2[nH]c(C)cc2c1F)N1CCN(C(C)C)CC1)Nc1cc(C2CC2)[nH]n1. The normalized spacial score (nSPS) is 17.6. The lowest BCUT2D eigenvalue weighted by Gasteiger charge is -2.38. The van der Waals surface area contributed by atoms with Crippen LogP contribution in [-0.4, -0.2) is 76.5 Å². The zero-order valence-corrected chi connectivity index (χ0v) is 21.7. The van der Waals surface area contributed by atoms with Crippen LogP contribution >= 0.6 is 0 Å². The van der Waals surface area contributed by atoms with Crippen LogP contribution in [-0.2, 0) is 0 Å². The minimum Gasteiger partial charge on any atom is -0.468 e. The van der Waals surface area contributed by atoms with Crippen LogP contribution in [0.3, 0.4) is 0 Å². The highest BCUT2D eigenvalue weighted by Crippen LogP contribution is 2.39. The molecular weight excluding hydrogens is 471 g/mol. The highest BCUT2D eigenvalue weighted by atomic mass is 19.1. The van der Waals surface area contributed by atoms with Gasteiger partial charge >= 0.3 is 0 Å². The van der Waals surface area contributed by atoms with Gasteiger partial charge in [-0.2, -0.15) is 5.10 Å². The monoisotopic (exact) mass is 506 g/mol. The average molecular weight is 507 g/mol. The molecule has 1 saturated carbocycles. The van der Waals surface area contributed by atoms with E-state index in [0.717, 1.165) is 43.1 Å².